The first-order chi connectivity index (χ1) is 13.1. The Morgan fingerprint density at radius 2 is 1.96 bits per heavy atom. The minimum atomic E-state index is -0.265. The fraction of sp³-hybridized carbons (Fsp3) is 0.200. The molecule has 2 heterocycles. The van der Waals surface area contributed by atoms with Gasteiger partial charge in [-0.1, -0.05) is 0 Å². The number of ether oxygens (including phenoxy) is 2. The summed E-state index contributed by atoms with van der Waals surface area (Å²) in [7, 11) is 0. The molecule has 7 heteroatoms. The van der Waals surface area contributed by atoms with Gasteiger partial charge in [0.1, 0.15) is 10.8 Å². The third kappa shape index (κ3) is 3.78. The van der Waals surface area contributed by atoms with Crippen molar-refractivity contribution in [2.45, 2.75) is 13.3 Å². The van der Waals surface area contributed by atoms with Crippen molar-refractivity contribution in [3.8, 4) is 22.1 Å². The Morgan fingerprint density at radius 3 is 2.78 bits per heavy atom. The van der Waals surface area contributed by atoms with E-state index >= 15 is 0 Å². The fourth-order valence-electron chi connectivity index (χ4n) is 2.81. The van der Waals surface area contributed by atoms with Gasteiger partial charge in [0.15, 0.2) is 11.5 Å². The lowest BCUT2D eigenvalue weighted by Crippen LogP contribution is -2.25. The molecule has 0 aliphatic carbocycles. The predicted octanol–water partition coefficient (Wildman–Crippen LogP) is 3.96. The van der Waals surface area contributed by atoms with Crippen LogP contribution in [-0.2, 0) is 6.42 Å². The van der Waals surface area contributed by atoms with E-state index in [1.807, 2.05) is 6.92 Å². The average molecular weight is 384 g/mol. The first-order valence-electron chi connectivity index (χ1n) is 8.50. The van der Waals surface area contributed by atoms with Crippen LogP contribution in [-0.4, -0.2) is 24.2 Å². The van der Waals surface area contributed by atoms with Crippen molar-refractivity contribution >= 4 is 17.2 Å². The van der Waals surface area contributed by atoms with E-state index in [2.05, 4.69) is 10.3 Å². The third-order valence-electron chi connectivity index (χ3n) is 4.26. The van der Waals surface area contributed by atoms with Gasteiger partial charge >= 0.3 is 0 Å². The van der Waals surface area contributed by atoms with Gasteiger partial charge in [-0.15, -0.1) is 11.3 Å². The number of hydrogen-bond acceptors (Lipinski definition) is 5. The van der Waals surface area contributed by atoms with E-state index in [1.54, 1.807) is 41.7 Å². The number of carbonyl (C=O) groups excluding carboxylic acids is 1. The maximum absolute atomic E-state index is 13.1. The number of nitrogens with one attached hydrogen (secondary N) is 1. The molecule has 0 saturated heterocycles. The second-order valence-electron chi connectivity index (χ2n) is 6.11. The van der Waals surface area contributed by atoms with Crippen LogP contribution in [0, 0.1) is 12.7 Å². The third-order valence-corrected chi connectivity index (χ3v) is 5.52. The van der Waals surface area contributed by atoms with Crippen LogP contribution in [0.4, 0.5) is 4.39 Å². The van der Waals surface area contributed by atoms with E-state index < -0.39 is 0 Å². The van der Waals surface area contributed by atoms with Crippen LogP contribution < -0.4 is 14.8 Å². The Balaban J connectivity index is 1.37. The molecule has 3 aromatic rings. The minimum absolute atomic E-state index is 0.158. The normalized spacial score (nSPS) is 12.2. The van der Waals surface area contributed by atoms with Crippen molar-refractivity contribution in [1.82, 2.24) is 10.3 Å². The van der Waals surface area contributed by atoms with E-state index in [9.17, 15) is 9.18 Å². The summed E-state index contributed by atoms with van der Waals surface area (Å²) in [5.74, 6) is 0.817. The zero-order valence-electron chi connectivity index (χ0n) is 14.6. The summed E-state index contributed by atoms with van der Waals surface area (Å²) in [6, 6.07) is 11.4. The summed E-state index contributed by atoms with van der Waals surface area (Å²) < 4.78 is 23.6. The van der Waals surface area contributed by atoms with E-state index in [0.717, 1.165) is 21.1 Å². The van der Waals surface area contributed by atoms with Crippen molar-refractivity contribution in [2.24, 2.45) is 0 Å². The van der Waals surface area contributed by atoms with E-state index in [-0.39, 0.29) is 18.5 Å². The number of benzene rings is 2. The molecule has 138 valence electrons. The van der Waals surface area contributed by atoms with Gasteiger partial charge in [0.2, 0.25) is 6.79 Å². The van der Waals surface area contributed by atoms with E-state index in [1.165, 1.54) is 12.1 Å². The number of rotatable bonds is 5. The van der Waals surface area contributed by atoms with Crippen LogP contribution in [0.3, 0.4) is 0 Å². The second kappa shape index (κ2) is 7.36. The molecule has 0 saturated carbocycles. The van der Waals surface area contributed by atoms with Gasteiger partial charge in [-0.3, -0.25) is 4.79 Å². The number of halogens is 1. The number of aromatic nitrogens is 1. The van der Waals surface area contributed by atoms with Crippen LogP contribution in [0.5, 0.6) is 11.5 Å². The molecule has 0 fully saturated rings. The quantitative estimate of drug-likeness (QED) is 0.723. The van der Waals surface area contributed by atoms with Gasteiger partial charge in [0.25, 0.3) is 5.91 Å². The summed E-state index contributed by atoms with van der Waals surface area (Å²) in [5, 5.41) is 3.77. The molecular formula is C20H17FN2O3S. The number of amides is 1. The maximum Gasteiger partial charge on any atom is 0.251 e. The number of fused-ring (bicyclic) bond motifs is 1. The monoisotopic (exact) mass is 384 g/mol. The lowest BCUT2D eigenvalue weighted by molar-refractivity contribution is 0.0953. The van der Waals surface area contributed by atoms with Crippen LogP contribution in [0.25, 0.3) is 10.6 Å². The Hall–Kier alpha value is -2.93. The lowest BCUT2D eigenvalue weighted by Gasteiger charge is -2.05. The molecule has 2 aromatic carbocycles. The highest BCUT2D eigenvalue weighted by atomic mass is 32.1. The Bertz CT molecular complexity index is 985. The van der Waals surface area contributed by atoms with Gasteiger partial charge in [-0.2, -0.15) is 0 Å². The summed E-state index contributed by atoms with van der Waals surface area (Å²) in [5.41, 5.74) is 2.35. The Kier molecular flexibility index (Phi) is 4.77. The molecule has 1 aromatic heterocycles. The first kappa shape index (κ1) is 17.5. The molecule has 4 rings (SSSR count). The lowest BCUT2D eigenvalue weighted by atomic mass is 10.2. The number of nitrogens with zero attached hydrogens (tertiary/aromatic N) is 1. The van der Waals surface area contributed by atoms with Gasteiger partial charge in [0, 0.05) is 29.0 Å². The van der Waals surface area contributed by atoms with Gasteiger partial charge < -0.3 is 14.8 Å². The first-order valence-corrected chi connectivity index (χ1v) is 9.32. The molecule has 0 bridgehead atoms. The highest BCUT2D eigenvalue weighted by Crippen LogP contribution is 2.32. The zero-order valence-corrected chi connectivity index (χ0v) is 15.4. The minimum Gasteiger partial charge on any atom is -0.454 e. The SMILES string of the molecule is Cc1nc(-c2ccc(F)cc2)sc1CCNC(=O)c1ccc2c(c1)OCO2. The highest BCUT2D eigenvalue weighted by molar-refractivity contribution is 7.15. The summed E-state index contributed by atoms with van der Waals surface area (Å²) in [6.45, 7) is 2.62. The molecule has 1 aliphatic heterocycles. The van der Waals surface area contributed by atoms with E-state index in [0.29, 0.717) is 30.0 Å². The van der Waals surface area contributed by atoms with Gasteiger partial charge in [-0.05, 0) is 49.4 Å². The summed E-state index contributed by atoms with van der Waals surface area (Å²) >= 11 is 1.56. The average Bonchev–Trinajstić information content (AvgIpc) is 3.28. The molecule has 0 atom stereocenters. The number of thiazole rings is 1. The second-order valence-corrected chi connectivity index (χ2v) is 7.19. The fourth-order valence-corrected chi connectivity index (χ4v) is 3.87. The number of hydrogen-bond donors (Lipinski definition) is 1. The number of aryl methyl sites for hydroxylation is 1. The maximum atomic E-state index is 13.1. The molecule has 5 nitrogen and oxygen atoms in total. The molecule has 1 amide bonds. The molecule has 27 heavy (non-hydrogen) atoms. The highest BCUT2D eigenvalue weighted by Gasteiger charge is 2.16. The largest absolute Gasteiger partial charge is 0.454 e. The van der Waals surface area contributed by atoms with Crippen molar-refractivity contribution in [1.29, 1.82) is 0 Å². The molecule has 1 aliphatic rings. The van der Waals surface area contributed by atoms with E-state index in [4.69, 9.17) is 9.47 Å². The van der Waals surface area contributed by atoms with Crippen LogP contribution in [0.2, 0.25) is 0 Å². The molecular weight excluding hydrogens is 367 g/mol. The van der Waals surface area contributed by atoms with Crippen molar-refractivity contribution in [3.05, 3.63) is 64.4 Å². The molecule has 0 unspecified atom stereocenters. The molecule has 1 N–H and O–H groups in total. The standard InChI is InChI=1S/C20H17FN2O3S/c1-12-18(27-20(23-12)13-2-5-15(21)6-3-13)8-9-22-19(24)14-4-7-16-17(10-14)26-11-25-16/h2-7,10H,8-9,11H2,1H3,(H,22,24). The zero-order chi connectivity index (χ0) is 18.8. The van der Waals surface area contributed by atoms with Crippen molar-refractivity contribution in [3.63, 3.8) is 0 Å². The Morgan fingerprint density at radius 1 is 1.19 bits per heavy atom. The van der Waals surface area contributed by atoms with Crippen LogP contribution in [0.1, 0.15) is 20.9 Å². The smallest absolute Gasteiger partial charge is 0.251 e. The topological polar surface area (TPSA) is 60.5 Å². The number of carbonyl (C=O) groups is 1. The van der Waals surface area contributed by atoms with Crippen LogP contribution >= 0.6 is 11.3 Å². The summed E-state index contributed by atoms with van der Waals surface area (Å²) in [4.78, 5) is 18.0. The van der Waals surface area contributed by atoms with Crippen molar-refractivity contribution in [2.75, 3.05) is 13.3 Å². The van der Waals surface area contributed by atoms with Crippen LogP contribution in [0.15, 0.2) is 42.5 Å². The van der Waals surface area contributed by atoms with Crippen molar-refractivity contribution < 1.29 is 18.7 Å². The Labute approximate surface area is 159 Å². The van der Waals surface area contributed by atoms with Gasteiger partial charge in [0.05, 0.1) is 5.69 Å². The summed E-state index contributed by atoms with van der Waals surface area (Å²) in [6.07, 6.45) is 0.682. The predicted molar refractivity (Wildman–Crippen MR) is 101 cm³/mol. The van der Waals surface area contributed by atoms with Gasteiger partial charge in [-0.25, -0.2) is 9.37 Å². The molecule has 0 radical (unpaired) electrons. The molecule has 0 spiro atoms.